The maximum atomic E-state index is 12.1. The number of unbranched alkanes of at least 4 members (excludes halogenated alkanes) is 1. The molecule has 0 bridgehead atoms. The van der Waals surface area contributed by atoms with Gasteiger partial charge in [-0.05, 0) is 71.2 Å². The van der Waals surface area contributed by atoms with Gasteiger partial charge >= 0.3 is 17.9 Å². The fraction of sp³-hybridized carbons (Fsp3) is 0.893. The highest BCUT2D eigenvalue weighted by Crippen LogP contribution is 2.20. The van der Waals surface area contributed by atoms with Gasteiger partial charge in [-0.3, -0.25) is 14.4 Å². The highest BCUT2D eigenvalue weighted by atomic mass is 33.1. The van der Waals surface area contributed by atoms with E-state index in [1.165, 1.54) is 0 Å². The van der Waals surface area contributed by atoms with Crippen molar-refractivity contribution >= 4 is 39.5 Å². The maximum absolute atomic E-state index is 12.1. The van der Waals surface area contributed by atoms with Crippen LogP contribution in [0.2, 0.25) is 0 Å². The van der Waals surface area contributed by atoms with Crippen molar-refractivity contribution in [2.24, 2.45) is 5.73 Å². The van der Waals surface area contributed by atoms with Gasteiger partial charge in [0.05, 0.1) is 25.9 Å². The molecule has 0 aromatic heterocycles. The van der Waals surface area contributed by atoms with Crippen molar-refractivity contribution < 1.29 is 33.7 Å². The summed E-state index contributed by atoms with van der Waals surface area (Å²) in [6.45, 7) is 9.67. The molecule has 0 atom stereocenters. The van der Waals surface area contributed by atoms with Crippen LogP contribution in [0.3, 0.4) is 0 Å². The molecule has 0 saturated carbocycles. The fourth-order valence-corrected chi connectivity index (χ4v) is 5.78. The van der Waals surface area contributed by atoms with Crippen molar-refractivity contribution in [2.45, 2.75) is 70.8 Å². The molecular formula is C28H54N4O7S2. The lowest BCUT2D eigenvalue weighted by molar-refractivity contribution is -0.144. The summed E-state index contributed by atoms with van der Waals surface area (Å²) < 4.78 is 15.7. The molecule has 240 valence electrons. The second kappa shape index (κ2) is 26.5. The highest BCUT2D eigenvalue weighted by Gasteiger charge is 2.15. The van der Waals surface area contributed by atoms with Gasteiger partial charge in [0.15, 0.2) is 0 Å². The number of carbonyl (C=O) groups is 3. The van der Waals surface area contributed by atoms with E-state index in [1.807, 2.05) is 11.8 Å². The van der Waals surface area contributed by atoms with Gasteiger partial charge < -0.3 is 40.2 Å². The summed E-state index contributed by atoms with van der Waals surface area (Å²) in [5, 5.41) is 12.3. The predicted molar refractivity (Wildman–Crippen MR) is 166 cm³/mol. The molecule has 41 heavy (non-hydrogen) atoms. The van der Waals surface area contributed by atoms with Crippen LogP contribution in [-0.4, -0.2) is 129 Å². The minimum atomic E-state index is -0.268. The first-order valence-electron chi connectivity index (χ1n) is 15.2. The number of carbonyl (C=O) groups excluding carboxylic acids is 3. The van der Waals surface area contributed by atoms with E-state index in [9.17, 15) is 14.4 Å². The van der Waals surface area contributed by atoms with Crippen molar-refractivity contribution in [1.82, 2.24) is 15.1 Å². The first-order valence-corrected chi connectivity index (χ1v) is 17.7. The van der Waals surface area contributed by atoms with E-state index in [4.69, 9.17) is 25.1 Å². The molecule has 4 N–H and O–H groups in total. The van der Waals surface area contributed by atoms with Crippen LogP contribution in [0, 0.1) is 0 Å². The average molecular weight is 623 g/mol. The molecule has 0 aliphatic carbocycles. The number of likely N-dealkylation sites (tertiary alicyclic amines) is 1. The second-order valence-electron chi connectivity index (χ2n) is 10.1. The molecule has 1 heterocycles. The Kier molecular flexibility index (Phi) is 24.5. The Labute approximate surface area is 254 Å². The van der Waals surface area contributed by atoms with E-state index >= 15 is 0 Å². The lowest BCUT2D eigenvalue weighted by Crippen LogP contribution is -2.40. The molecule has 1 rings (SSSR count). The number of nitrogens with two attached hydrogens (primary N) is 1. The van der Waals surface area contributed by atoms with Crippen molar-refractivity contribution in [3.8, 4) is 0 Å². The topological polar surface area (TPSA) is 144 Å². The summed E-state index contributed by atoms with van der Waals surface area (Å²) in [6, 6.07) is 0.362. The Morgan fingerprint density at radius 1 is 0.854 bits per heavy atom. The second-order valence-corrected chi connectivity index (χ2v) is 12.8. The van der Waals surface area contributed by atoms with E-state index in [0.717, 1.165) is 58.3 Å². The summed E-state index contributed by atoms with van der Waals surface area (Å²) >= 11 is 0. The zero-order valence-corrected chi connectivity index (χ0v) is 26.7. The largest absolute Gasteiger partial charge is 0.466 e. The molecule has 0 aromatic rings. The summed E-state index contributed by atoms with van der Waals surface area (Å²) in [4.78, 5) is 40.3. The molecule has 0 aromatic carbocycles. The molecule has 1 saturated heterocycles. The molecule has 0 amide bonds. The molecule has 0 spiro atoms. The van der Waals surface area contributed by atoms with E-state index in [0.29, 0.717) is 76.4 Å². The lowest BCUT2D eigenvalue weighted by atomic mass is 10.1. The molecule has 1 fully saturated rings. The van der Waals surface area contributed by atoms with Crippen molar-refractivity contribution in [3.05, 3.63) is 0 Å². The Morgan fingerprint density at radius 2 is 1.44 bits per heavy atom. The number of hydrogen-bond donors (Lipinski definition) is 3. The standard InChI is InChI=1S/C28H54N4O7S2/c1-2-20-37-27(35)9-17-31(13-3-4-19-33)18-10-28(36)39-22-24-41-40-23-21-38-26(34)6-12-30-11-5-14-32-15-7-25(29)8-16-32/h25,30,33H,2-24,29H2,1H3. The summed E-state index contributed by atoms with van der Waals surface area (Å²) in [6.07, 6.45) is 6.40. The van der Waals surface area contributed by atoms with Crippen LogP contribution >= 0.6 is 21.6 Å². The smallest absolute Gasteiger partial charge is 0.307 e. The van der Waals surface area contributed by atoms with Crippen LogP contribution in [0.4, 0.5) is 0 Å². The first-order chi connectivity index (χ1) is 19.9. The van der Waals surface area contributed by atoms with Crippen LogP contribution in [0.25, 0.3) is 0 Å². The molecule has 0 unspecified atom stereocenters. The zero-order valence-electron chi connectivity index (χ0n) is 25.0. The maximum Gasteiger partial charge on any atom is 0.307 e. The molecular weight excluding hydrogens is 568 g/mol. The van der Waals surface area contributed by atoms with E-state index in [-0.39, 0.29) is 37.4 Å². The van der Waals surface area contributed by atoms with Gasteiger partial charge in [0.2, 0.25) is 0 Å². The van der Waals surface area contributed by atoms with Gasteiger partial charge in [0.1, 0.15) is 13.2 Å². The van der Waals surface area contributed by atoms with Crippen molar-refractivity contribution in [3.63, 3.8) is 0 Å². The summed E-state index contributed by atoms with van der Waals surface area (Å²) in [5.74, 6) is 0.645. The van der Waals surface area contributed by atoms with E-state index in [1.54, 1.807) is 21.6 Å². The van der Waals surface area contributed by atoms with Gasteiger partial charge in [-0.25, -0.2) is 0 Å². The number of nitrogens with zero attached hydrogens (tertiary/aromatic N) is 2. The first kappa shape index (κ1) is 37.9. The van der Waals surface area contributed by atoms with Crippen LogP contribution in [0.5, 0.6) is 0 Å². The quantitative estimate of drug-likeness (QED) is 0.0561. The Bertz CT molecular complexity index is 686. The number of esters is 3. The number of hydrogen-bond acceptors (Lipinski definition) is 13. The number of ether oxygens (including phenoxy) is 3. The predicted octanol–water partition coefficient (Wildman–Crippen LogP) is 2.06. The SMILES string of the molecule is CCCOC(=O)CCN(CCCCO)CCC(=O)OCCSSCCOC(=O)CCNCCCN1CCC(N)CC1. The van der Waals surface area contributed by atoms with Gasteiger partial charge in [-0.2, -0.15) is 0 Å². The monoisotopic (exact) mass is 622 g/mol. The van der Waals surface area contributed by atoms with Gasteiger partial charge in [0.25, 0.3) is 0 Å². The number of piperidine rings is 1. The Hall–Kier alpha value is -1.09. The van der Waals surface area contributed by atoms with Crippen LogP contribution < -0.4 is 11.1 Å². The number of aliphatic hydroxyl groups is 1. The third-order valence-electron chi connectivity index (χ3n) is 6.52. The zero-order chi connectivity index (χ0) is 30.0. The number of aliphatic hydroxyl groups excluding tert-OH is 1. The van der Waals surface area contributed by atoms with Crippen LogP contribution in [0.15, 0.2) is 0 Å². The van der Waals surface area contributed by atoms with Gasteiger partial charge in [-0.15, -0.1) is 0 Å². The Morgan fingerprint density at radius 3 is 2.02 bits per heavy atom. The summed E-state index contributed by atoms with van der Waals surface area (Å²) in [5.41, 5.74) is 5.94. The number of nitrogens with one attached hydrogen (secondary N) is 1. The van der Waals surface area contributed by atoms with E-state index < -0.39 is 0 Å². The van der Waals surface area contributed by atoms with Crippen LogP contribution in [-0.2, 0) is 28.6 Å². The summed E-state index contributed by atoms with van der Waals surface area (Å²) in [7, 11) is 3.17. The third-order valence-corrected chi connectivity index (χ3v) is 8.86. The molecule has 1 aliphatic heterocycles. The lowest BCUT2D eigenvalue weighted by Gasteiger charge is -2.29. The molecule has 13 heteroatoms. The average Bonchev–Trinajstić information content (AvgIpc) is 2.97. The van der Waals surface area contributed by atoms with Gasteiger partial charge in [0, 0.05) is 43.8 Å². The van der Waals surface area contributed by atoms with Crippen molar-refractivity contribution in [1.29, 1.82) is 0 Å². The minimum absolute atomic E-state index is 0.125. The van der Waals surface area contributed by atoms with E-state index in [2.05, 4.69) is 10.2 Å². The molecule has 1 aliphatic rings. The Balaban J connectivity index is 1.96. The molecule has 11 nitrogen and oxygen atoms in total. The fourth-order valence-electron chi connectivity index (χ4n) is 4.13. The van der Waals surface area contributed by atoms with Crippen LogP contribution in [0.1, 0.15) is 64.7 Å². The van der Waals surface area contributed by atoms with Crippen molar-refractivity contribution in [2.75, 3.05) is 90.3 Å². The minimum Gasteiger partial charge on any atom is -0.466 e. The third kappa shape index (κ3) is 23.1. The molecule has 0 radical (unpaired) electrons. The highest BCUT2D eigenvalue weighted by molar-refractivity contribution is 8.76. The normalized spacial score (nSPS) is 14.3. The number of rotatable bonds is 26. The van der Waals surface area contributed by atoms with Gasteiger partial charge in [-0.1, -0.05) is 28.5 Å².